The summed E-state index contributed by atoms with van der Waals surface area (Å²) in [7, 11) is 0. The van der Waals surface area contributed by atoms with Gasteiger partial charge in [-0.15, -0.1) is 0 Å². The number of urea groups is 1. The highest BCUT2D eigenvalue weighted by Crippen LogP contribution is 2.28. The van der Waals surface area contributed by atoms with Crippen LogP contribution < -0.4 is 10.1 Å². The first-order valence-electron chi connectivity index (χ1n) is 9.39. The summed E-state index contributed by atoms with van der Waals surface area (Å²) in [6, 6.07) is 6.08. The first-order chi connectivity index (χ1) is 12.2. The predicted molar refractivity (Wildman–Crippen MR) is 102 cm³/mol. The number of benzene rings is 1. The molecule has 1 aromatic rings. The molecule has 2 aliphatic rings. The van der Waals surface area contributed by atoms with Gasteiger partial charge in [0.15, 0.2) is 0 Å². The van der Waals surface area contributed by atoms with Crippen molar-refractivity contribution in [2.24, 2.45) is 0 Å². The largest absolute Gasteiger partial charge is 0.492 e. The quantitative estimate of drug-likeness (QED) is 0.849. The molecular formula is C19H28ClN3O2. The number of nitrogens with one attached hydrogen (secondary N) is 1. The number of anilines is 1. The molecule has 138 valence electrons. The lowest BCUT2D eigenvalue weighted by molar-refractivity contribution is 0.115. The van der Waals surface area contributed by atoms with Gasteiger partial charge in [-0.25, -0.2) is 4.79 Å². The summed E-state index contributed by atoms with van der Waals surface area (Å²) in [5.41, 5.74) is 0.706. The van der Waals surface area contributed by atoms with Crippen molar-refractivity contribution in [2.75, 3.05) is 38.1 Å². The van der Waals surface area contributed by atoms with Gasteiger partial charge in [-0.05, 0) is 37.5 Å². The monoisotopic (exact) mass is 365 g/mol. The van der Waals surface area contributed by atoms with Gasteiger partial charge in [0.05, 0.1) is 11.6 Å². The second-order valence-electron chi connectivity index (χ2n) is 6.89. The van der Waals surface area contributed by atoms with Crippen molar-refractivity contribution in [3.05, 3.63) is 23.2 Å². The van der Waals surface area contributed by atoms with Gasteiger partial charge in [-0.3, -0.25) is 4.90 Å². The van der Waals surface area contributed by atoms with Crippen LogP contribution in [0.2, 0.25) is 5.02 Å². The Kier molecular flexibility index (Phi) is 6.43. The fraction of sp³-hybridized carbons (Fsp3) is 0.632. The van der Waals surface area contributed by atoms with Crippen LogP contribution >= 0.6 is 11.6 Å². The summed E-state index contributed by atoms with van der Waals surface area (Å²) < 4.78 is 5.56. The molecule has 1 aliphatic heterocycles. The summed E-state index contributed by atoms with van der Waals surface area (Å²) in [6.07, 6.45) is 6.27. The standard InChI is InChI=1S/C19H28ClN3O2/c1-2-13-25-18-8-7-15(14-17(18)20)21-19(24)23-11-9-22(10-12-23)16-5-3-4-6-16/h7-8,14,16H,2-6,9-13H2,1H3,(H,21,24). The van der Waals surface area contributed by atoms with Crippen LogP contribution in [-0.4, -0.2) is 54.7 Å². The van der Waals surface area contributed by atoms with Crippen molar-refractivity contribution in [1.29, 1.82) is 0 Å². The summed E-state index contributed by atoms with van der Waals surface area (Å²) in [5.74, 6) is 0.659. The fourth-order valence-corrected chi connectivity index (χ4v) is 3.90. The summed E-state index contributed by atoms with van der Waals surface area (Å²) in [4.78, 5) is 16.9. The third-order valence-corrected chi connectivity index (χ3v) is 5.38. The molecule has 2 fully saturated rings. The van der Waals surface area contributed by atoms with E-state index in [-0.39, 0.29) is 6.03 Å². The average Bonchev–Trinajstić information content (AvgIpc) is 3.16. The molecule has 25 heavy (non-hydrogen) atoms. The highest BCUT2D eigenvalue weighted by Gasteiger charge is 2.27. The number of carbonyl (C=O) groups is 1. The van der Waals surface area contributed by atoms with Gasteiger partial charge < -0.3 is 15.0 Å². The smallest absolute Gasteiger partial charge is 0.321 e. The van der Waals surface area contributed by atoms with Crippen molar-refractivity contribution in [3.63, 3.8) is 0 Å². The molecule has 5 nitrogen and oxygen atoms in total. The van der Waals surface area contributed by atoms with E-state index in [9.17, 15) is 4.79 Å². The van der Waals surface area contributed by atoms with Crippen LogP contribution in [0.1, 0.15) is 39.0 Å². The predicted octanol–water partition coefficient (Wildman–Crippen LogP) is 4.22. The molecule has 0 aromatic heterocycles. The number of halogens is 1. The van der Waals surface area contributed by atoms with Gasteiger partial charge in [0, 0.05) is 37.9 Å². The SMILES string of the molecule is CCCOc1ccc(NC(=O)N2CCN(C3CCCC3)CC2)cc1Cl. The van der Waals surface area contributed by atoms with Crippen LogP contribution in [0.3, 0.4) is 0 Å². The maximum absolute atomic E-state index is 12.5. The summed E-state index contributed by atoms with van der Waals surface area (Å²) in [6.45, 7) is 6.21. The van der Waals surface area contributed by atoms with Gasteiger partial charge in [-0.2, -0.15) is 0 Å². The molecule has 3 rings (SSSR count). The van der Waals surface area contributed by atoms with E-state index < -0.39 is 0 Å². The Morgan fingerprint density at radius 1 is 1.24 bits per heavy atom. The molecule has 6 heteroatoms. The van der Waals surface area contributed by atoms with Crippen LogP contribution in [0.15, 0.2) is 18.2 Å². The van der Waals surface area contributed by atoms with Gasteiger partial charge in [0.1, 0.15) is 5.75 Å². The normalized spacial score (nSPS) is 19.2. The second kappa shape index (κ2) is 8.77. The second-order valence-corrected chi connectivity index (χ2v) is 7.29. The van der Waals surface area contributed by atoms with Gasteiger partial charge in [0.2, 0.25) is 0 Å². The van der Waals surface area contributed by atoms with E-state index in [4.69, 9.17) is 16.3 Å². The van der Waals surface area contributed by atoms with E-state index in [0.29, 0.717) is 23.1 Å². The zero-order valence-electron chi connectivity index (χ0n) is 15.0. The maximum Gasteiger partial charge on any atom is 0.321 e. The van der Waals surface area contributed by atoms with Crippen LogP contribution in [0.5, 0.6) is 5.75 Å². The van der Waals surface area contributed by atoms with Crippen molar-refractivity contribution in [1.82, 2.24) is 9.80 Å². The molecule has 1 aromatic carbocycles. The van der Waals surface area contributed by atoms with E-state index in [1.807, 2.05) is 17.0 Å². The number of hydrogen-bond donors (Lipinski definition) is 1. The molecule has 1 saturated heterocycles. The van der Waals surface area contributed by atoms with Crippen molar-refractivity contribution in [3.8, 4) is 5.75 Å². The fourth-order valence-electron chi connectivity index (χ4n) is 3.67. The molecule has 1 heterocycles. The number of ether oxygens (including phenoxy) is 1. The summed E-state index contributed by atoms with van der Waals surface area (Å²) >= 11 is 6.23. The lowest BCUT2D eigenvalue weighted by atomic mass is 10.2. The van der Waals surface area contributed by atoms with Gasteiger partial charge >= 0.3 is 6.03 Å². The zero-order chi connectivity index (χ0) is 17.6. The van der Waals surface area contributed by atoms with Crippen LogP contribution in [0.4, 0.5) is 10.5 Å². The Labute approximate surface area is 155 Å². The minimum absolute atomic E-state index is 0.0515. The molecule has 0 radical (unpaired) electrons. The van der Waals surface area contributed by atoms with E-state index in [0.717, 1.165) is 38.6 Å². The molecule has 1 aliphatic carbocycles. The van der Waals surface area contributed by atoms with Crippen LogP contribution in [0, 0.1) is 0 Å². The molecule has 2 amide bonds. The number of rotatable bonds is 5. The van der Waals surface area contributed by atoms with Gasteiger partial charge in [0.25, 0.3) is 0 Å². The van der Waals surface area contributed by atoms with Gasteiger partial charge in [-0.1, -0.05) is 31.4 Å². The van der Waals surface area contributed by atoms with Crippen LogP contribution in [0.25, 0.3) is 0 Å². The molecule has 1 saturated carbocycles. The number of carbonyl (C=O) groups excluding carboxylic acids is 1. The molecule has 0 spiro atoms. The minimum atomic E-state index is -0.0515. The van der Waals surface area contributed by atoms with E-state index in [2.05, 4.69) is 17.1 Å². The van der Waals surface area contributed by atoms with E-state index >= 15 is 0 Å². The lowest BCUT2D eigenvalue weighted by Gasteiger charge is -2.38. The Morgan fingerprint density at radius 2 is 1.96 bits per heavy atom. The number of nitrogens with zero attached hydrogens (tertiary/aromatic N) is 2. The maximum atomic E-state index is 12.5. The number of amides is 2. The summed E-state index contributed by atoms with van der Waals surface area (Å²) in [5, 5.41) is 3.47. The molecular weight excluding hydrogens is 338 g/mol. The highest BCUT2D eigenvalue weighted by molar-refractivity contribution is 6.32. The Bertz CT molecular complexity index is 582. The topological polar surface area (TPSA) is 44.8 Å². The third kappa shape index (κ3) is 4.79. The van der Waals surface area contributed by atoms with E-state index in [1.54, 1.807) is 6.07 Å². The minimum Gasteiger partial charge on any atom is -0.492 e. The Balaban J connectivity index is 1.50. The van der Waals surface area contributed by atoms with E-state index in [1.165, 1.54) is 25.7 Å². The Morgan fingerprint density at radius 3 is 2.60 bits per heavy atom. The molecule has 0 atom stereocenters. The molecule has 0 unspecified atom stereocenters. The molecule has 0 bridgehead atoms. The van der Waals surface area contributed by atoms with Crippen LogP contribution in [-0.2, 0) is 0 Å². The first-order valence-corrected chi connectivity index (χ1v) is 9.77. The average molecular weight is 366 g/mol. The Hall–Kier alpha value is -1.46. The molecule has 1 N–H and O–H groups in total. The lowest BCUT2D eigenvalue weighted by Crippen LogP contribution is -2.52. The number of piperazine rings is 1. The highest BCUT2D eigenvalue weighted by atomic mass is 35.5. The first kappa shape index (κ1) is 18.3. The van der Waals surface area contributed by atoms with Crippen molar-refractivity contribution >= 4 is 23.3 Å². The number of hydrogen-bond acceptors (Lipinski definition) is 3. The van der Waals surface area contributed by atoms with Crippen molar-refractivity contribution < 1.29 is 9.53 Å². The third-order valence-electron chi connectivity index (χ3n) is 5.09. The zero-order valence-corrected chi connectivity index (χ0v) is 15.7. The van der Waals surface area contributed by atoms with Crippen molar-refractivity contribution in [2.45, 2.75) is 45.1 Å².